The van der Waals surface area contributed by atoms with E-state index in [2.05, 4.69) is 34.8 Å². The van der Waals surface area contributed by atoms with Gasteiger partial charge in [0.05, 0.1) is 12.4 Å². The van der Waals surface area contributed by atoms with Crippen LogP contribution in [0.5, 0.6) is 0 Å². The summed E-state index contributed by atoms with van der Waals surface area (Å²) in [6.07, 6.45) is 4.13. The van der Waals surface area contributed by atoms with Crippen molar-refractivity contribution in [3.05, 3.63) is 0 Å². The zero-order chi connectivity index (χ0) is 13.2. The van der Waals surface area contributed by atoms with Gasteiger partial charge in [0.1, 0.15) is 0 Å². The average molecular weight is 254 g/mol. The Labute approximate surface area is 112 Å². The summed E-state index contributed by atoms with van der Waals surface area (Å²) in [5.74, 6) is 2.01. The van der Waals surface area contributed by atoms with Gasteiger partial charge in [0, 0.05) is 12.6 Å². The predicted octanol–water partition coefficient (Wildman–Crippen LogP) is 1.38. The summed E-state index contributed by atoms with van der Waals surface area (Å²) in [6, 6.07) is 0.796. The minimum atomic E-state index is 0.796. The molecule has 2 atom stereocenters. The van der Waals surface area contributed by atoms with Crippen LogP contribution in [0.3, 0.4) is 0 Å². The van der Waals surface area contributed by atoms with Crippen LogP contribution in [-0.2, 0) is 0 Å². The zero-order valence-corrected chi connectivity index (χ0v) is 12.3. The monoisotopic (exact) mass is 254 g/mol. The Hall–Kier alpha value is -0.610. The van der Waals surface area contributed by atoms with Crippen LogP contribution in [0.4, 0.5) is 0 Å². The summed E-state index contributed by atoms with van der Waals surface area (Å²) in [4.78, 5) is 4.04. The van der Waals surface area contributed by atoms with E-state index in [4.69, 9.17) is 0 Å². The number of nitrogens with one attached hydrogen (secondary N) is 3. The van der Waals surface area contributed by atoms with Gasteiger partial charge in [-0.3, -0.25) is 4.99 Å². The number of nitrogens with zero attached hydrogens (tertiary/aromatic N) is 1. The number of hydrogen-bond donors (Lipinski definition) is 3. The Morgan fingerprint density at radius 3 is 2.11 bits per heavy atom. The second-order valence-electron chi connectivity index (χ2n) is 5.49. The molecule has 3 aliphatic rings. The van der Waals surface area contributed by atoms with E-state index >= 15 is 0 Å². The molecule has 0 spiro atoms. The highest BCUT2D eigenvalue weighted by Gasteiger charge is 2.06. The molecule has 106 valence electrons. The van der Waals surface area contributed by atoms with Crippen molar-refractivity contribution in [3.8, 4) is 0 Å². The van der Waals surface area contributed by atoms with Crippen LogP contribution in [0.25, 0.3) is 0 Å². The van der Waals surface area contributed by atoms with Gasteiger partial charge in [0.2, 0.25) is 0 Å². The molecule has 0 amide bonds. The molecule has 2 fully saturated rings. The van der Waals surface area contributed by atoms with Crippen molar-refractivity contribution < 1.29 is 0 Å². The Kier molecular flexibility index (Phi) is 8.01. The van der Waals surface area contributed by atoms with Gasteiger partial charge >= 0.3 is 0 Å². The van der Waals surface area contributed by atoms with Crippen molar-refractivity contribution in [1.82, 2.24) is 16.0 Å². The summed E-state index contributed by atoms with van der Waals surface area (Å²) < 4.78 is 0. The lowest BCUT2D eigenvalue weighted by atomic mass is 10.2. The molecular weight excluding hydrogens is 224 g/mol. The quantitative estimate of drug-likeness (QED) is 0.612. The second-order valence-corrected chi connectivity index (χ2v) is 5.49. The number of hydrogen-bond acceptors (Lipinski definition) is 4. The highest BCUT2D eigenvalue weighted by Crippen LogP contribution is 2.03. The standard InChI is InChI=1S/2C5H11N.C4H8N2/c1-5-2-3-6-4-5;1-5-3-2-4-6-5;1-4-5-2-3-6-4/h2*5-6H,2-4H2,1H3;2-3H2,1H3,(H,5,6). The van der Waals surface area contributed by atoms with Crippen LogP contribution in [-0.4, -0.2) is 44.6 Å². The Morgan fingerprint density at radius 2 is 1.94 bits per heavy atom. The Bertz CT molecular complexity index is 214. The van der Waals surface area contributed by atoms with Gasteiger partial charge in [-0.2, -0.15) is 0 Å². The fourth-order valence-corrected chi connectivity index (χ4v) is 2.17. The van der Waals surface area contributed by atoms with Gasteiger partial charge in [0.25, 0.3) is 0 Å². The number of rotatable bonds is 0. The largest absolute Gasteiger partial charge is 0.372 e. The van der Waals surface area contributed by atoms with Crippen LogP contribution in [0, 0.1) is 5.92 Å². The van der Waals surface area contributed by atoms with Gasteiger partial charge in [0.15, 0.2) is 0 Å². The van der Waals surface area contributed by atoms with E-state index in [-0.39, 0.29) is 0 Å². The van der Waals surface area contributed by atoms with Gasteiger partial charge in [-0.1, -0.05) is 6.92 Å². The van der Waals surface area contributed by atoms with Crippen molar-refractivity contribution >= 4 is 5.84 Å². The van der Waals surface area contributed by atoms with E-state index in [0.717, 1.165) is 30.9 Å². The molecule has 0 aromatic rings. The molecule has 2 saturated heterocycles. The molecule has 2 unspecified atom stereocenters. The first-order valence-corrected chi connectivity index (χ1v) is 7.37. The minimum Gasteiger partial charge on any atom is -0.372 e. The highest BCUT2D eigenvalue weighted by atomic mass is 15.0. The van der Waals surface area contributed by atoms with Crippen molar-refractivity contribution in [1.29, 1.82) is 0 Å². The molecule has 0 saturated carbocycles. The number of aliphatic imine (C=N–C) groups is 1. The summed E-state index contributed by atoms with van der Waals surface area (Å²) in [5.41, 5.74) is 0. The van der Waals surface area contributed by atoms with Crippen molar-refractivity contribution in [3.63, 3.8) is 0 Å². The molecule has 0 aromatic heterocycles. The Morgan fingerprint density at radius 1 is 1.11 bits per heavy atom. The summed E-state index contributed by atoms with van der Waals surface area (Å²) >= 11 is 0. The van der Waals surface area contributed by atoms with Crippen LogP contribution in [0.1, 0.15) is 40.0 Å². The third kappa shape index (κ3) is 7.67. The topological polar surface area (TPSA) is 48.5 Å². The van der Waals surface area contributed by atoms with E-state index in [0.29, 0.717) is 0 Å². The molecule has 0 aromatic carbocycles. The average Bonchev–Trinajstić information content (AvgIpc) is 3.05. The first-order valence-electron chi connectivity index (χ1n) is 7.37. The molecule has 3 N–H and O–H groups in total. The fraction of sp³-hybridized carbons (Fsp3) is 0.929. The smallest absolute Gasteiger partial charge is 0.0933 e. The van der Waals surface area contributed by atoms with Crippen LogP contribution in [0.2, 0.25) is 0 Å². The first kappa shape index (κ1) is 15.4. The lowest BCUT2D eigenvalue weighted by molar-refractivity contribution is 0.651. The third-order valence-electron chi connectivity index (χ3n) is 3.46. The summed E-state index contributed by atoms with van der Waals surface area (Å²) in [7, 11) is 0. The maximum absolute atomic E-state index is 4.04. The fourth-order valence-electron chi connectivity index (χ4n) is 2.17. The van der Waals surface area contributed by atoms with Crippen molar-refractivity contribution in [2.24, 2.45) is 10.9 Å². The lowest BCUT2D eigenvalue weighted by Crippen LogP contribution is -2.16. The molecule has 3 rings (SSSR count). The number of amidine groups is 1. The molecule has 0 radical (unpaired) electrons. The first-order chi connectivity index (χ1) is 8.68. The van der Waals surface area contributed by atoms with E-state index in [9.17, 15) is 0 Å². The van der Waals surface area contributed by atoms with Crippen LogP contribution < -0.4 is 16.0 Å². The third-order valence-corrected chi connectivity index (χ3v) is 3.46. The Balaban J connectivity index is 0.000000135. The lowest BCUT2D eigenvalue weighted by Gasteiger charge is -1.95. The maximum Gasteiger partial charge on any atom is 0.0933 e. The van der Waals surface area contributed by atoms with Crippen molar-refractivity contribution in [2.45, 2.75) is 46.1 Å². The van der Waals surface area contributed by atoms with Crippen LogP contribution >= 0.6 is 0 Å². The second kappa shape index (κ2) is 9.34. The minimum absolute atomic E-state index is 0.796. The molecular formula is C14H30N4. The zero-order valence-electron chi connectivity index (χ0n) is 12.3. The molecule has 3 heterocycles. The SMILES string of the molecule is CC1=NCCN1.CC1CCCN1.CC1CCNC1. The molecule has 3 aliphatic heterocycles. The predicted molar refractivity (Wildman–Crippen MR) is 79.3 cm³/mol. The van der Waals surface area contributed by atoms with Gasteiger partial charge in [-0.15, -0.1) is 0 Å². The molecule has 4 nitrogen and oxygen atoms in total. The van der Waals surface area contributed by atoms with E-state index in [1.807, 2.05) is 6.92 Å². The van der Waals surface area contributed by atoms with E-state index in [1.165, 1.54) is 38.9 Å². The summed E-state index contributed by atoms with van der Waals surface area (Å²) in [6.45, 7) is 12.2. The maximum atomic E-state index is 4.04. The molecule has 4 heteroatoms. The highest BCUT2D eigenvalue weighted by molar-refractivity contribution is 5.80. The van der Waals surface area contributed by atoms with Crippen molar-refractivity contribution in [2.75, 3.05) is 32.7 Å². The van der Waals surface area contributed by atoms with E-state index in [1.54, 1.807) is 0 Å². The molecule has 0 aliphatic carbocycles. The van der Waals surface area contributed by atoms with Gasteiger partial charge < -0.3 is 16.0 Å². The normalized spacial score (nSPS) is 29.6. The van der Waals surface area contributed by atoms with Crippen LogP contribution in [0.15, 0.2) is 4.99 Å². The van der Waals surface area contributed by atoms with Gasteiger partial charge in [-0.05, 0) is 58.7 Å². The summed E-state index contributed by atoms with van der Waals surface area (Å²) in [5, 5.41) is 9.66. The molecule has 18 heavy (non-hydrogen) atoms. The van der Waals surface area contributed by atoms with E-state index < -0.39 is 0 Å². The van der Waals surface area contributed by atoms with Gasteiger partial charge in [-0.25, -0.2) is 0 Å². The molecule has 0 bridgehead atoms.